The van der Waals surface area contributed by atoms with Crippen LogP contribution in [0, 0.1) is 5.92 Å². The summed E-state index contributed by atoms with van der Waals surface area (Å²) in [5.41, 5.74) is 0. The van der Waals surface area contributed by atoms with Crippen LogP contribution in [-0.2, 0) is 28.6 Å². The smallest absolute Gasteiger partial charge is 0.306 e. The van der Waals surface area contributed by atoms with E-state index >= 15 is 0 Å². The second-order valence-electron chi connectivity index (χ2n) is 18.4. The number of ether oxygens (including phenoxy) is 3. The van der Waals surface area contributed by atoms with Gasteiger partial charge in [-0.05, 0) is 25.2 Å². The van der Waals surface area contributed by atoms with Gasteiger partial charge in [0.1, 0.15) is 13.2 Å². The van der Waals surface area contributed by atoms with E-state index in [1.807, 2.05) is 0 Å². The van der Waals surface area contributed by atoms with Gasteiger partial charge in [-0.1, -0.05) is 259 Å². The van der Waals surface area contributed by atoms with Gasteiger partial charge in [-0.2, -0.15) is 0 Å². The van der Waals surface area contributed by atoms with Gasteiger partial charge in [-0.15, -0.1) is 0 Å². The van der Waals surface area contributed by atoms with Crippen molar-refractivity contribution < 1.29 is 28.6 Å². The van der Waals surface area contributed by atoms with Crippen molar-refractivity contribution >= 4 is 17.9 Å². The first-order valence-electron chi connectivity index (χ1n) is 26.4. The molecule has 0 rings (SSSR count). The standard InChI is InChI=1S/C53H102O6/c1-5-8-10-12-14-16-18-19-20-21-22-23-24-30-34-38-42-46-53(56)59-50(47-57-51(54)44-40-36-32-28-17-15-13-11-9-6-2)48-58-52(55)45-41-37-33-29-26-25-27-31-35-39-43-49(4)7-3/h49-50H,5-48H2,1-4H3/t49?,50-/m1/s1. The highest BCUT2D eigenvalue weighted by atomic mass is 16.6. The lowest BCUT2D eigenvalue weighted by Crippen LogP contribution is -2.30. The van der Waals surface area contributed by atoms with E-state index < -0.39 is 6.10 Å². The van der Waals surface area contributed by atoms with Crippen LogP contribution >= 0.6 is 0 Å². The zero-order valence-electron chi connectivity index (χ0n) is 40.2. The Hall–Kier alpha value is -1.59. The quantitative estimate of drug-likeness (QED) is 0.0345. The number of unbranched alkanes of at least 4 members (excludes halogenated alkanes) is 34. The van der Waals surface area contributed by atoms with Gasteiger partial charge in [-0.25, -0.2) is 0 Å². The Morgan fingerprint density at radius 1 is 0.339 bits per heavy atom. The number of carbonyl (C=O) groups is 3. The lowest BCUT2D eigenvalue weighted by Gasteiger charge is -2.18. The third-order valence-corrected chi connectivity index (χ3v) is 12.4. The second-order valence-corrected chi connectivity index (χ2v) is 18.4. The predicted molar refractivity (Wildman–Crippen MR) is 252 cm³/mol. The molecule has 1 unspecified atom stereocenters. The lowest BCUT2D eigenvalue weighted by molar-refractivity contribution is -0.167. The van der Waals surface area contributed by atoms with E-state index in [2.05, 4.69) is 27.7 Å². The minimum absolute atomic E-state index is 0.0630. The molecule has 0 aliphatic carbocycles. The summed E-state index contributed by atoms with van der Waals surface area (Å²) in [6.07, 6.45) is 49.4. The molecule has 0 aliphatic heterocycles. The molecule has 0 bridgehead atoms. The van der Waals surface area contributed by atoms with Crippen molar-refractivity contribution in [1.82, 2.24) is 0 Å². The largest absolute Gasteiger partial charge is 0.462 e. The van der Waals surface area contributed by atoms with Gasteiger partial charge in [0, 0.05) is 19.3 Å². The average molecular weight is 835 g/mol. The van der Waals surface area contributed by atoms with Crippen LogP contribution in [0.5, 0.6) is 0 Å². The van der Waals surface area contributed by atoms with E-state index in [0.29, 0.717) is 19.3 Å². The van der Waals surface area contributed by atoms with Crippen molar-refractivity contribution in [2.75, 3.05) is 13.2 Å². The minimum Gasteiger partial charge on any atom is -0.462 e. The highest BCUT2D eigenvalue weighted by molar-refractivity contribution is 5.71. The van der Waals surface area contributed by atoms with E-state index in [9.17, 15) is 14.4 Å². The van der Waals surface area contributed by atoms with Crippen LogP contribution in [0.15, 0.2) is 0 Å². The maximum atomic E-state index is 12.8. The van der Waals surface area contributed by atoms with Crippen LogP contribution in [0.2, 0.25) is 0 Å². The van der Waals surface area contributed by atoms with Gasteiger partial charge >= 0.3 is 17.9 Å². The molecule has 0 spiro atoms. The molecule has 6 nitrogen and oxygen atoms in total. The Labute approximate surface area is 368 Å². The van der Waals surface area contributed by atoms with Crippen molar-refractivity contribution in [2.24, 2.45) is 5.92 Å². The molecule has 6 heteroatoms. The molecule has 0 saturated heterocycles. The number of hydrogen-bond donors (Lipinski definition) is 0. The number of rotatable bonds is 48. The van der Waals surface area contributed by atoms with Crippen LogP contribution in [0.25, 0.3) is 0 Å². The first-order valence-corrected chi connectivity index (χ1v) is 26.4. The Bertz CT molecular complexity index is 889. The fraction of sp³-hybridized carbons (Fsp3) is 0.943. The van der Waals surface area contributed by atoms with Crippen LogP contribution in [-0.4, -0.2) is 37.2 Å². The molecule has 2 atom stereocenters. The Morgan fingerprint density at radius 3 is 0.881 bits per heavy atom. The summed E-state index contributed by atoms with van der Waals surface area (Å²) < 4.78 is 16.8. The summed E-state index contributed by atoms with van der Waals surface area (Å²) in [4.78, 5) is 37.9. The molecule has 0 aromatic heterocycles. The van der Waals surface area contributed by atoms with Gasteiger partial charge in [0.05, 0.1) is 0 Å². The Morgan fingerprint density at radius 2 is 0.593 bits per heavy atom. The SMILES string of the molecule is CCCCCCCCCCCCCCCCCCCC(=O)O[C@H](COC(=O)CCCCCCCCCCCC)COC(=O)CCCCCCCCCCCCC(C)CC. The first-order chi connectivity index (χ1) is 28.9. The monoisotopic (exact) mass is 835 g/mol. The van der Waals surface area contributed by atoms with Crippen LogP contribution < -0.4 is 0 Å². The second kappa shape index (κ2) is 47.5. The molecular weight excluding hydrogens is 733 g/mol. The van der Waals surface area contributed by atoms with Crippen molar-refractivity contribution in [3.05, 3.63) is 0 Å². The van der Waals surface area contributed by atoms with Gasteiger partial charge in [0.15, 0.2) is 6.10 Å². The highest BCUT2D eigenvalue weighted by Gasteiger charge is 2.19. The van der Waals surface area contributed by atoms with E-state index in [1.54, 1.807) is 0 Å². The van der Waals surface area contributed by atoms with Crippen molar-refractivity contribution in [3.8, 4) is 0 Å². The van der Waals surface area contributed by atoms with Crippen LogP contribution in [0.4, 0.5) is 0 Å². The molecule has 0 aromatic carbocycles. The van der Waals surface area contributed by atoms with Gasteiger partial charge in [0.2, 0.25) is 0 Å². The van der Waals surface area contributed by atoms with E-state index in [4.69, 9.17) is 14.2 Å². The third-order valence-electron chi connectivity index (χ3n) is 12.4. The lowest BCUT2D eigenvalue weighted by atomic mass is 9.99. The van der Waals surface area contributed by atoms with Crippen molar-refractivity contribution in [2.45, 2.75) is 303 Å². The molecule has 0 radical (unpaired) electrons. The maximum absolute atomic E-state index is 12.8. The van der Waals surface area contributed by atoms with Gasteiger partial charge in [-0.3, -0.25) is 14.4 Å². The topological polar surface area (TPSA) is 78.9 Å². The summed E-state index contributed by atoms with van der Waals surface area (Å²) in [5.74, 6) is 0.0249. The number of carbonyl (C=O) groups excluding carboxylic acids is 3. The van der Waals surface area contributed by atoms with E-state index in [0.717, 1.165) is 63.7 Å². The molecule has 59 heavy (non-hydrogen) atoms. The maximum Gasteiger partial charge on any atom is 0.306 e. The summed E-state index contributed by atoms with van der Waals surface area (Å²) in [5, 5.41) is 0. The van der Waals surface area contributed by atoms with E-state index in [-0.39, 0.29) is 31.1 Å². The molecule has 0 amide bonds. The van der Waals surface area contributed by atoms with Crippen molar-refractivity contribution in [1.29, 1.82) is 0 Å². The zero-order chi connectivity index (χ0) is 43.1. The van der Waals surface area contributed by atoms with Gasteiger partial charge < -0.3 is 14.2 Å². The Kier molecular flexibility index (Phi) is 46.2. The molecule has 0 aliphatic rings. The molecule has 0 aromatic rings. The minimum atomic E-state index is -0.760. The predicted octanol–water partition coefficient (Wildman–Crippen LogP) is 17.1. The normalized spacial score (nSPS) is 12.4. The number of hydrogen-bond acceptors (Lipinski definition) is 6. The summed E-state index contributed by atoms with van der Waals surface area (Å²) in [6, 6.07) is 0. The van der Waals surface area contributed by atoms with Crippen LogP contribution in [0.3, 0.4) is 0 Å². The van der Waals surface area contributed by atoms with Gasteiger partial charge in [0.25, 0.3) is 0 Å². The summed E-state index contributed by atoms with van der Waals surface area (Å²) in [6.45, 7) is 9.04. The first kappa shape index (κ1) is 57.4. The molecule has 0 N–H and O–H groups in total. The zero-order valence-corrected chi connectivity index (χ0v) is 40.2. The molecular formula is C53H102O6. The fourth-order valence-corrected chi connectivity index (χ4v) is 8.01. The van der Waals surface area contributed by atoms with Crippen molar-refractivity contribution in [3.63, 3.8) is 0 Å². The average Bonchev–Trinajstić information content (AvgIpc) is 3.23. The van der Waals surface area contributed by atoms with Crippen LogP contribution in [0.1, 0.15) is 297 Å². The molecule has 0 heterocycles. The molecule has 350 valence electrons. The number of esters is 3. The fourth-order valence-electron chi connectivity index (χ4n) is 8.01. The summed E-state index contributed by atoms with van der Waals surface area (Å²) in [7, 11) is 0. The summed E-state index contributed by atoms with van der Waals surface area (Å²) >= 11 is 0. The molecule has 0 fully saturated rings. The Balaban J connectivity index is 4.28. The third kappa shape index (κ3) is 45.8. The van der Waals surface area contributed by atoms with E-state index in [1.165, 1.54) is 193 Å². The molecule has 0 saturated carbocycles. The highest BCUT2D eigenvalue weighted by Crippen LogP contribution is 2.18.